The first-order chi connectivity index (χ1) is 11.9. The number of hydrogen-bond donors (Lipinski definition) is 0. The van der Waals surface area contributed by atoms with Crippen LogP contribution in [0.4, 0.5) is 0 Å². The van der Waals surface area contributed by atoms with Crippen LogP contribution < -0.4 is 0 Å². The van der Waals surface area contributed by atoms with Gasteiger partial charge >= 0.3 is 0 Å². The number of halogens is 1. The lowest BCUT2D eigenvalue weighted by Crippen LogP contribution is -2.24. The van der Waals surface area contributed by atoms with E-state index in [0.717, 1.165) is 26.5 Å². The van der Waals surface area contributed by atoms with E-state index < -0.39 is 0 Å². The van der Waals surface area contributed by atoms with Crippen LogP contribution >= 0.6 is 22.6 Å². The first-order valence-electron chi connectivity index (χ1n) is 8.14. The number of benzene rings is 1. The summed E-state index contributed by atoms with van der Waals surface area (Å²) < 4.78 is 1.13. The molecule has 0 aromatic heterocycles. The van der Waals surface area contributed by atoms with Crippen LogP contribution in [0.3, 0.4) is 0 Å². The maximum Gasteiger partial charge on any atom is 0.271 e. The molecule has 2 aliphatic rings. The fourth-order valence-electron chi connectivity index (χ4n) is 2.20. The molecule has 0 aliphatic carbocycles. The number of allylic oxidation sites excluding steroid dienone is 2. The molecule has 25 heavy (non-hydrogen) atoms. The van der Waals surface area contributed by atoms with E-state index >= 15 is 0 Å². The number of carbonyl (C=O) groups is 1. The van der Waals surface area contributed by atoms with E-state index in [4.69, 9.17) is 0 Å². The molecule has 5 heteroatoms. The van der Waals surface area contributed by atoms with Crippen LogP contribution in [0.5, 0.6) is 0 Å². The van der Waals surface area contributed by atoms with Gasteiger partial charge in [-0.2, -0.15) is 4.99 Å². The molecule has 0 spiro atoms. The lowest BCUT2D eigenvalue weighted by atomic mass is 10.1. The molecule has 0 fully saturated rings. The maximum atomic E-state index is 11.6. The van der Waals surface area contributed by atoms with Crippen LogP contribution in [0.1, 0.15) is 31.9 Å². The highest BCUT2D eigenvalue weighted by Crippen LogP contribution is 2.23. The van der Waals surface area contributed by atoms with Crippen molar-refractivity contribution in [3.05, 3.63) is 70.0 Å². The second kappa shape index (κ2) is 8.89. The topological polar surface area (TPSA) is 45.0 Å². The highest BCUT2D eigenvalue weighted by atomic mass is 127. The highest BCUT2D eigenvalue weighted by Gasteiger charge is 2.21. The lowest BCUT2D eigenvalue weighted by molar-refractivity contribution is -0.113. The van der Waals surface area contributed by atoms with Gasteiger partial charge in [-0.1, -0.05) is 51.6 Å². The van der Waals surface area contributed by atoms with Crippen LogP contribution in [-0.4, -0.2) is 22.5 Å². The van der Waals surface area contributed by atoms with Crippen LogP contribution in [0.2, 0.25) is 0 Å². The Morgan fingerprint density at radius 3 is 2.68 bits per heavy atom. The summed E-state index contributed by atoms with van der Waals surface area (Å²) in [5.74, 6) is 1.66. The molecule has 0 saturated heterocycles. The summed E-state index contributed by atoms with van der Waals surface area (Å²) in [6.07, 6.45) is 7.15. The summed E-state index contributed by atoms with van der Waals surface area (Å²) in [6.45, 7) is 10.7. The van der Waals surface area contributed by atoms with Gasteiger partial charge in [0.2, 0.25) is 0 Å². The van der Waals surface area contributed by atoms with Crippen molar-refractivity contribution in [1.29, 1.82) is 0 Å². The van der Waals surface area contributed by atoms with E-state index in [1.54, 1.807) is 0 Å². The number of rotatable bonds is 1. The Kier molecular flexibility index (Phi) is 6.87. The van der Waals surface area contributed by atoms with E-state index in [0.29, 0.717) is 12.4 Å². The fourth-order valence-corrected chi connectivity index (χ4v) is 2.72. The van der Waals surface area contributed by atoms with E-state index in [2.05, 4.69) is 64.8 Å². The van der Waals surface area contributed by atoms with Gasteiger partial charge in [0.1, 0.15) is 5.84 Å². The van der Waals surface area contributed by atoms with Crippen LogP contribution in [0.15, 0.2) is 68.8 Å². The lowest BCUT2D eigenvalue weighted by Gasteiger charge is -2.21. The molecule has 4 nitrogen and oxygen atoms in total. The smallest absolute Gasteiger partial charge is 0.271 e. The van der Waals surface area contributed by atoms with Gasteiger partial charge in [-0.15, -0.1) is 0 Å². The third kappa shape index (κ3) is 5.49. The number of carbonyl (C=O) groups excluding carboxylic acids is 1. The van der Waals surface area contributed by atoms with Crippen molar-refractivity contribution in [2.75, 3.05) is 0 Å². The summed E-state index contributed by atoms with van der Waals surface area (Å²) >= 11 is 2.27. The van der Waals surface area contributed by atoms with Crippen molar-refractivity contribution in [2.24, 2.45) is 15.9 Å². The molecular weight excluding hydrogens is 425 g/mol. The van der Waals surface area contributed by atoms with Crippen molar-refractivity contribution >= 4 is 40.2 Å². The van der Waals surface area contributed by atoms with Gasteiger partial charge < -0.3 is 4.90 Å². The molecule has 3 rings (SSSR count). The minimum absolute atomic E-state index is 0.387. The number of fused-ring (bicyclic) bond motifs is 2. The van der Waals surface area contributed by atoms with E-state index in [9.17, 15) is 4.79 Å². The van der Waals surface area contributed by atoms with Crippen molar-refractivity contribution in [1.82, 2.24) is 4.90 Å². The first kappa shape index (κ1) is 19.3. The van der Waals surface area contributed by atoms with Crippen molar-refractivity contribution in [3.63, 3.8) is 0 Å². The standard InChI is InChI=1S/C16H12IN3O.C4H10/c1-2-15(21)19-16-13-6-4-3-5-11(13)9-20-10-12(17)7-8-14(20)18-16;1-4(2)3/h2-8,10H,1,9H2;4H,1-3H3. The Bertz CT molecular complexity index is 785. The molecular formula is C20H22IN3O. The summed E-state index contributed by atoms with van der Waals surface area (Å²) in [7, 11) is 0. The zero-order valence-electron chi connectivity index (χ0n) is 14.7. The third-order valence-electron chi connectivity index (χ3n) is 3.18. The quantitative estimate of drug-likeness (QED) is 0.456. The Labute approximate surface area is 162 Å². The number of amidine groups is 2. The maximum absolute atomic E-state index is 11.6. The third-order valence-corrected chi connectivity index (χ3v) is 3.81. The SMILES string of the molecule is C=CC(=O)N=C1N=C2C=CC(I)=CN2Cc2ccccc21.CC(C)C. The number of amides is 1. The summed E-state index contributed by atoms with van der Waals surface area (Å²) in [4.78, 5) is 22.3. The van der Waals surface area contributed by atoms with Gasteiger partial charge in [-0.3, -0.25) is 4.79 Å². The first-order valence-corrected chi connectivity index (χ1v) is 9.22. The summed E-state index contributed by atoms with van der Waals surface area (Å²) in [5, 5.41) is 0. The van der Waals surface area contributed by atoms with Gasteiger partial charge in [-0.25, -0.2) is 4.99 Å². The van der Waals surface area contributed by atoms with E-state index in [1.807, 2.05) is 42.6 Å². The van der Waals surface area contributed by atoms with Gasteiger partial charge in [-0.05, 0) is 52.3 Å². The Morgan fingerprint density at radius 1 is 1.32 bits per heavy atom. The van der Waals surface area contributed by atoms with Crippen LogP contribution in [0.25, 0.3) is 0 Å². The van der Waals surface area contributed by atoms with Gasteiger partial charge in [0.25, 0.3) is 5.91 Å². The second-order valence-corrected chi connectivity index (χ2v) is 7.56. The zero-order valence-corrected chi connectivity index (χ0v) is 16.9. The molecule has 0 N–H and O–H groups in total. The molecule has 1 aromatic carbocycles. The molecule has 0 atom stereocenters. The number of nitrogens with zero attached hydrogens (tertiary/aromatic N) is 3. The molecule has 0 bridgehead atoms. The molecule has 1 amide bonds. The van der Waals surface area contributed by atoms with Gasteiger partial charge in [0, 0.05) is 21.9 Å². The average Bonchev–Trinajstić information content (AvgIpc) is 2.70. The van der Waals surface area contributed by atoms with E-state index in [-0.39, 0.29) is 5.91 Å². The van der Waals surface area contributed by atoms with E-state index in [1.165, 1.54) is 6.08 Å². The predicted octanol–water partition coefficient (Wildman–Crippen LogP) is 4.87. The molecule has 0 radical (unpaired) electrons. The van der Waals surface area contributed by atoms with Crippen LogP contribution in [0, 0.1) is 5.92 Å². The van der Waals surface area contributed by atoms with Crippen molar-refractivity contribution in [3.8, 4) is 0 Å². The summed E-state index contributed by atoms with van der Waals surface area (Å²) in [6, 6.07) is 7.87. The monoisotopic (exact) mass is 447 g/mol. The molecule has 2 heterocycles. The molecule has 0 unspecified atom stereocenters. The zero-order chi connectivity index (χ0) is 18.4. The largest absolute Gasteiger partial charge is 0.327 e. The molecule has 2 aliphatic heterocycles. The number of hydrogen-bond acceptors (Lipinski definition) is 2. The van der Waals surface area contributed by atoms with Crippen LogP contribution in [-0.2, 0) is 11.3 Å². The minimum Gasteiger partial charge on any atom is -0.327 e. The Balaban J connectivity index is 0.000000511. The Morgan fingerprint density at radius 2 is 2.00 bits per heavy atom. The highest BCUT2D eigenvalue weighted by molar-refractivity contribution is 14.1. The molecule has 130 valence electrons. The molecule has 1 aromatic rings. The van der Waals surface area contributed by atoms with Gasteiger partial charge in [0.05, 0.1) is 0 Å². The average molecular weight is 447 g/mol. The van der Waals surface area contributed by atoms with Crippen molar-refractivity contribution in [2.45, 2.75) is 27.3 Å². The van der Waals surface area contributed by atoms with Crippen molar-refractivity contribution < 1.29 is 4.79 Å². The normalized spacial score (nSPS) is 16.8. The Hall–Kier alpha value is -2.02. The fraction of sp³-hybridized carbons (Fsp3) is 0.250. The van der Waals surface area contributed by atoms with Gasteiger partial charge in [0.15, 0.2) is 5.84 Å². The predicted molar refractivity (Wildman–Crippen MR) is 113 cm³/mol. The summed E-state index contributed by atoms with van der Waals surface area (Å²) in [5.41, 5.74) is 1.97. The minimum atomic E-state index is -0.387. The second-order valence-electron chi connectivity index (χ2n) is 6.31. The molecule has 0 saturated carbocycles. The number of aliphatic imine (C=N–C) groups is 2.